The fourth-order valence-corrected chi connectivity index (χ4v) is 2.24. The van der Waals surface area contributed by atoms with Gasteiger partial charge in [0.05, 0.1) is 0 Å². The summed E-state index contributed by atoms with van der Waals surface area (Å²) < 4.78 is 0. The average Bonchev–Trinajstić information content (AvgIpc) is 2.48. The van der Waals surface area contributed by atoms with E-state index in [1.54, 1.807) is 0 Å². The van der Waals surface area contributed by atoms with Gasteiger partial charge in [0.15, 0.2) is 0 Å². The number of carbonyl (C=O) groups is 1. The molecule has 0 atom stereocenters. The fraction of sp³-hybridized carbons (Fsp3) is 0.316. The second-order valence-corrected chi connectivity index (χ2v) is 5.80. The monoisotopic (exact) mass is 281 g/mol. The van der Waals surface area contributed by atoms with Crippen molar-refractivity contribution in [3.05, 3.63) is 65.7 Å². The van der Waals surface area contributed by atoms with Gasteiger partial charge in [0, 0.05) is 12.1 Å². The molecule has 0 heterocycles. The predicted molar refractivity (Wildman–Crippen MR) is 88.4 cm³/mol. The van der Waals surface area contributed by atoms with Gasteiger partial charge < -0.3 is 5.32 Å². The van der Waals surface area contributed by atoms with Gasteiger partial charge in [-0.3, -0.25) is 4.79 Å². The zero-order valence-corrected chi connectivity index (χ0v) is 12.8. The number of amides is 1. The largest absolute Gasteiger partial charge is 0.326 e. The van der Waals surface area contributed by atoms with Gasteiger partial charge in [0.2, 0.25) is 5.91 Å². The predicted octanol–water partition coefficient (Wildman–Crippen LogP) is 4.65. The maximum Gasteiger partial charge on any atom is 0.224 e. The molecule has 0 aromatic heterocycles. The molecular formula is C19H23NO. The smallest absolute Gasteiger partial charge is 0.224 e. The van der Waals surface area contributed by atoms with E-state index in [-0.39, 0.29) is 5.91 Å². The van der Waals surface area contributed by atoms with Crippen LogP contribution >= 0.6 is 0 Å². The van der Waals surface area contributed by atoms with Crippen molar-refractivity contribution < 1.29 is 4.79 Å². The molecule has 0 aliphatic heterocycles. The molecule has 110 valence electrons. The maximum atomic E-state index is 12.0. The fourth-order valence-electron chi connectivity index (χ4n) is 2.24. The Morgan fingerprint density at radius 2 is 1.67 bits per heavy atom. The van der Waals surface area contributed by atoms with Crippen LogP contribution in [0.3, 0.4) is 0 Å². The molecule has 2 aromatic rings. The van der Waals surface area contributed by atoms with E-state index in [4.69, 9.17) is 0 Å². The van der Waals surface area contributed by atoms with Crippen LogP contribution < -0.4 is 5.32 Å². The number of hydrogen-bond acceptors (Lipinski definition) is 1. The van der Waals surface area contributed by atoms with E-state index >= 15 is 0 Å². The molecular weight excluding hydrogens is 258 g/mol. The van der Waals surface area contributed by atoms with Crippen molar-refractivity contribution in [1.82, 2.24) is 0 Å². The molecule has 21 heavy (non-hydrogen) atoms. The quantitative estimate of drug-likeness (QED) is 0.820. The molecule has 0 unspecified atom stereocenters. The molecule has 0 radical (unpaired) electrons. The van der Waals surface area contributed by atoms with Crippen molar-refractivity contribution in [1.29, 1.82) is 0 Å². The van der Waals surface area contributed by atoms with Gasteiger partial charge in [0.1, 0.15) is 0 Å². The molecule has 0 spiro atoms. The highest BCUT2D eigenvalue weighted by molar-refractivity contribution is 5.91. The summed E-state index contributed by atoms with van der Waals surface area (Å²) in [6, 6.07) is 18.3. The minimum Gasteiger partial charge on any atom is -0.326 e. The van der Waals surface area contributed by atoms with E-state index in [9.17, 15) is 4.79 Å². The van der Waals surface area contributed by atoms with Crippen LogP contribution in [0.5, 0.6) is 0 Å². The molecule has 0 aliphatic carbocycles. The second-order valence-electron chi connectivity index (χ2n) is 5.80. The third kappa shape index (κ3) is 5.07. The van der Waals surface area contributed by atoms with Crippen LogP contribution in [0.25, 0.3) is 0 Å². The van der Waals surface area contributed by atoms with Crippen LogP contribution in [0, 0.1) is 5.92 Å². The highest BCUT2D eigenvalue weighted by Gasteiger charge is 2.08. The van der Waals surface area contributed by atoms with E-state index in [2.05, 4.69) is 37.4 Å². The zero-order chi connectivity index (χ0) is 15.1. The van der Waals surface area contributed by atoms with E-state index in [0.29, 0.717) is 12.3 Å². The van der Waals surface area contributed by atoms with Crippen LogP contribution in [0.15, 0.2) is 54.6 Å². The molecule has 0 saturated carbocycles. The van der Waals surface area contributed by atoms with E-state index in [1.807, 2.05) is 36.4 Å². The highest BCUT2D eigenvalue weighted by atomic mass is 16.1. The molecule has 2 rings (SSSR count). The van der Waals surface area contributed by atoms with Crippen molar-refractivity contribution in [2.24, 2.45) is 5.92 Å². The molecule has 1 N–H and O–H groups in total. The Kier molecular flexibility index (Phi) is 5.56. The average molecular weight is 281 g/mol. The number of hydrogen-bond donors (Lipinski definition) is 1. The summed E-state index contributed by atoms with van der Waals surface area (Å²) in [5, 5.41) is 3.05. The van der Waals surface area contributed by atoms with Crippen molar-refractivity contribution in [3.8, 4) is 0 Å². The Morgan fingerprint density at radius 3 is 2.38 bits per heavy atom. The first-order valence-electron chi connectivity index (χ1n) is 7.57. The van der Waals surface area contributed by atoms with Gasteiger partial charge >= 0.3 is 0 Å². The molecule has 1 amide bonds. The summed E-state index contributed by atoms with van der Waals surface area (Å²) in [4.78, 5) is 12.0. The second kappa shape index (κ2) is 7.63. The first-order valence-corrected chi connectivity index (χ1v) is 7.57. The first-order chi connectivity index (χ1) is 10.1. The lowest BCUT2D eigenvalue weighted by molar-refractivity contribution is -0.116. The van der Waals surface area contributed by atoms with E-state index in [1.165, 1.54) is 5.56 Å². The van der Waals surface area contributed by atoms with Crippen molar-refractivity contribution in [2.45, 2.75) is 33.1 Å². The summed E-state index contributed by atoms with van der Waals surface area (Å²) in [5.74, 6) is 0.652. The Morgan fingerprint density at radius 1 is 1.00 bits per heavy atom. The summed E-state index contributed by atoms with van der Waals surface area (Å²) in [5.41, 5.74) is 3.33. The standard InChI is InChI=1S/C19H23NO/c1-15(2)12-13-19(21)20-18-11-7-6-10-17(18)14-16-8-4-3-5-9-16/h3-11,15H,12-14H2,1-2H3,(H,20,21). The SMILES string of the molecule is CC(C)CCC(=O)Nc1ccccc1Cc1ccccc1. The Bertz CT molecular complexity index is 575. The molecule has 0 aliphatic rings. The van der Waals surface area contributed by atoms with Gasteiger partial charge in [0.25, 0.3) is 0 Å². The maximum absolute atomic E-state index is 12.0. The molecule has 2 nitrogen and oxygen atoms in total. The summed E-state index contributed by atoms with van der Waals surface area (Å²) in [6.45, 7) is 4.27. The summed E-state index contributed by atoms with van der Waals surface area (Å²) >= 11 is 0. The lowest BCUT2D eigenvalue weighted by Crippen LogP contribution is -2.13. The lowest BCUT2D eigenvalue weighted by atomic mass is 10.0. The van der Waals surface area contributed by atoms with Crippen molar-refractivity contribution in [2.75, 3.05) is 5.32 Å². The third-order valence-electron chi connectivity index (χ3n) is 3.48. The number of anilines is 1. The Hall–Kier alpha value is -2.09. The Balaban J connectivity index is 2.05. The molecule has 0 fully saturated rings. The normalized spacial score (nSPS) is 10.6. The Labute approximate surface area is 127 Å². The number of para-hydroxylation sites is 1. The highest BCUT2D eigenvalue weighted by Crippen LogP contribution is 2.19. The number of nitrogens with one attached hydrogen (secondary N) is 1. The summed E-state index contributed by atoms with van der Waals surface area (Å²) in [7, 11) is 0. The van der Waals surface area contributed by atoms with Crippen molar-refractivity contribution in [3.63, 3.8) is 0 Å². The minimum atomic E-state index is 0.101. The van der Waals surface area contributed by atoms with Crippen molar-refractivity contribution >= 4 is 11.6 Å². The number of rotatable bonds is 6. The zero-order valence-electron chi connectivity index (χ0n) is 12.8. The van der Waals surface area contributed by atoms with Gasteiger partial charge in [-0.15, -0.1) is 0 Å². The van der Waals surface area contributed by atoms with Gasteiger partial charge in [-0.2, -0.15) is 0 Å². The van der Waals surface area contributed by atoms with Gasteiger partial charge in [-0.05, 0) is 36.0 Å². The van der Waals surface area contributed by atoms with Crippen LogP contribution in [0.1, 0.15) is 37.8 Å². The topological polar surface area (TPSA) is 29.1 Å². The molecule has 2 heteroatoms. The van der Waals surface area contributed by atoms with E-state index < -0.39 is 0 Å². The number of benzene rings is 2. The van der Waals surface area contributed by atoms with Crippen LogP contribution in [-0.2, 0) is 11.2 Å². The molecule has 0 bridgehead atoms. The van der Waals surface area contributed by atoms with Crippen LogP contribution in [0.4, 0.5) is 5.69 Å². The van der Waals surface area contributed by atoms with Crippen LogP contribution in [0.2, 0.25) is 0 Å². The third-order valence-corrected chi connectivity index (χ3v) is 3.48. The summed E-state index contributed by atoms with van der Waals surface area (Å²) in [6.07, 6.45) is 2.34. The number of carbonyl (C=O) groups excluding carboxylic acids is 1. The lowest BCUT2D eigenvalue weighted by Gasteiger charge is -2.12. The van der Waals surface area contributed by atoms with Crippen LogP contribution in [-0.4, -0.2) is 5.91 Å². The van der Waals surface area contributed by atoms with Gasteiger partial charge in [-0.25, -0.2) is 0 Å². The van der Waals surface area contributed by atoms with Gasteiger partial charge in [-0.1, -0.05) is 62.4 Å². The molecule has 0 saturated heterocycles. The first kappa shape index (κ1) is 15.3. The van der Waals surface area contributed by atoms with E-state index in [0.717, 1.165) is 24.1 Å². The minimum absolute atomic E-state index is 0.101. The molecule has 2 aromatic carbocycles.